The number of phosphoric ester groups is 1. The molecule has 0 saturated carbocycles. The first-order valence-corrected chi connectivity index (χ1v) is 31.0. The molecule has 10 heteroatoms. The summed E-state index contributed by atoms with van der Waals surface area (Å²) in [7, 11) is 1.41. The number of hydrogen-bond donors (Lipinski definition) is 1. The average Bonchev–Trinajstić information content (AvgIpc) is 3.41. The number of hydrogen-bond acceptors (Lipinski definition) is 7. The van der Waals surface area contributed by atoms with Crippen LogP contribution in [-0.4, -0.2) is 74.9 Å². The normalized spacial score (nSPS) is 14.6. The molecule has 0 heterocycles. The second kappa shape index (κ2) is 56.8. The van der Waals surface area contributed by atoms with Crippen molar-refractivity contribution in [3.8, 4) is 0 Å². The molecule has 0 aromatic heterocycles. The summed E-state index contributed by atoms with van der Waals surface area (Å²) in [6.45, 7) is 4.09. The molecule has 436 valence electrons. The van der Waals surface area contributed by atoms with E-state index in [0.29, 0.717) is 23.9 Å². The topological polar surface area (TPSA) is 108 Å². The number of nitrogens with zero attached hydrogens (tertiary/aromatic N) is 1. The van der Waals surface area contributed by atoms with E-state index in [1.54, 1.807) is 0 Å². The molecule has 1 N–H and O–H groups in total. The van der Waals surface area contributed by atoms with E-state index >= 15 is 0 Å². The van der Waals surface area contributed by atoms with E-state index in [0.717, 1.165) is 141 Å². The molecule has 0 spiro atoms. The van der Waals surface area contributed by atoms with Crippen molar-refractivity contribution in [1.82, 2.24) is 0 Å². The largest absolute Gasteiger partial charge is 0.472 e. The van der Waals surface area contributed by atoms with Gasteiger partial charge in [0.1, 0.15) is 19.8 Å². The summed E-state index contributed by atoms with van der Waals surface area (Å²) in [5.74, 6) is -0.887. The molecule has 0 rings (SSSR count). The number of quaternary nitrogens is 1. The van der Waals surface area contributed by atoms with Gasteiger partial charge in [-0.25, -0.2) is 4.57 Å². The SMILES string of the molecule is CC/C=C\C/C=C\C/C=C\C/C=C\C/C=C\C/C=C\C/C=C\C/C=C\C/C=C\C/C=C\C/C=C\C/C=C\CCCCC(=O)OC(COC(=O)CCCCCCC/C=C\C/C=C\C/C=C\CC)COP(=O)(O)OCC[N+](C)(C)C. The minimum atomic E-state index is -4.41. The number of unbranched alkanes of at least 4 members (excludes halogenated alkanes) is 7. The van der Waals surface area contributed by atoms with Gasteiger partial charge in [-0.3, -0.25) is 18.6 Å². The Morgan fingerprint density at radius 2 is 0.692 bits per heavy atom. The smallest absolute Gasteiger partial charge is 0.462 e. The minimum absolute atomic E-state index is 0.00925. The van der Waals surface area contributed by atoms with Crippen LogP contribution in [-0.2, 0) is 32.7 Å². The van der Waals surface area contributed by atoms with Crippen molar-refractivity contribution in [2.24, 2.45) is 0 Å². The lowest BCUT2D eigenvalue weighted by molar-refractivity contribution is -0.870. The number of phosphoric acid groups is 1. The fourth-order valence-electron chi connectivity index (χ4n) is 6.95. The molecule has 0 aliphatic heterocycles. The maximum Gasteiger partial charge on any atom is 0.472 e. The molecule has 0 aliphatic carbocycles. The highest BCUT2D eigenvalue weighted by molar-refractivity contribution is 7.47. The zero-order chi connectivity index (χ0) is 57.0. The van der Waals surface area contributed by atoms with E-state index in [1.165, 1.54) is 0 Å². The highest BCUT2D eigenvalue weighted by atomic mass is 31.2. The number of allylic oxidation sites excluding steroid dienone is 30. The summed E-state index contributed by atoms with van der Waals surface area (Å²) in [6, 6.07) is 0. The van der Waals surface area contributed by atoms with Crippen molar-refractivity contribution < 1.29 is 42.1 Å². The van der Waals surface area contributed by atoms with Crippen molar-refractivity contribution in [3.63, 3.8) is 0 Å². The van der Waals surface area contributed by atoms with Gasteiger partial charge in [0, 0.05) is 12.8 Å². The number of carbonyl (C=O) groups excluding carboxylic acids is 2. The van der Waals surface area contributed by atoms with E-state index in [4.69, 9.17) is 18.5 Å². The molecule has 0 amide bonds. The van der Waals surface area contributed by atoms with Crippen LogP contribution in [0.25, 0.3) is 0 Å². The zero-order valence-electron chi connectivity index (χ0n) is 49.3. The van der Waals surface area contributed by atoms with Crippen LogP contribution < -0.4 is 0 Å². The van der Waals surface area contributed by atoms with E-state index in [1.807, 2.05) is 21.1 Å². The Bertz CT molecular complexity index is 1970. The summed E-state index contributed by atoms with van der Waals surface area (Å²) in [4.78, 5) is 35.6. The lowest BCUT2D eigenvalue weighted by Gasteiger charge is -2.24. The number of carbonyl (C=O) groups is 2. The minimum Gasteiger partial charge on any atom is -0.462 e. The third-order valence-electron chi connectivity index (χ3n) is 11.4. The molecule has 0 aliphatic rings. The maximum absolute atomic E-state index is 12.8. The molecule has 0 saturated heterocycles. The highest BCUT2D eigenvalue weighted by Crippen LogP contribution is 2.43. The maximum atomic E-state index is 12.8. The van der Waals surface area contributed by atoms with Gasteiger partial charge in [-0.1, -0.05) is 215 Å². The monoisotopic (exact) mass is 1100 g/mol. The van der Waals surface area contributed by atoms with Crippen LogP contribution in [0.5, 0.6) is 0 Å². The Morgan fingerprint density at radius 1 is 0.397 bits per heavy atom. The van der Waals surface area contributed by atoms with Crippen LogP contribution >= 0.6 is 7.82 Å². The van der Waals surface area contributed by atoms with E-state index < -0.39 is 32.5 Å². The second-order valence-corrected chi connectivity index (χ2v) is 21.4. The molecule has 0 aromatic carbocycles. The number of likely N-dealkylation sites (N-methyl/N-ethyl adjacent to an activating group) is 1. The van der Waals surface area contributed by atoms with Crippen LogP contribution in [0.3, 0.4) is 0 Å². The first-order chi connectivity index (χ1) is 38.0. The van der Waals surface area contributed by atoms with Crippen molar-refractivity contribution >= 4 is 19.8 Å². The molecule has 0 bridgehead atoms. The van der Waals surface area contributed by atoms with Gasteiger partial charge in [0.15, 0.2) is 6.10 Å². The van der Waals surface area contributed by atoms with Crippen LogP contribution in [0.15, 0.2) is 182 Å². The van der Waals surface area contributed by atoms with Gasteiger partial charge in [-0.2, -0.15) is 0 Å². The summed E-state index contributed by atoms with van der Waals surface area (Å²) in [5, 5.41) is 0. The predicted molar refractivity (Wildman–Crippen MR) is 334 cm³/mol. The van der Waals surface area contributed by atoms with E-state index in [-0.39, 0.29) is 26.1 Å². The predicted octanol–water partition coefficient (Wildman–Crippen LogP) is 18.8. The number of esters is 2. The molecule has 2 atom stereocenters. The summed E-state index contributed by atoms with van der Waals surface area (Å²) in [6.07, 6.45) is 88.4. The molecule has 2 unspecified atom stereocenters. The summed E-state index contributed by atoms with van der Waals surface area (Å²) < 4.78 is 34.4. The Hall–Kier alpha value is -4.89. The lowest BCUT2D eigenvalue weighted by atomic mass is 10.1. The highest BCUT2D eigenvalue weighted by Gasteiger charge is 2.27. The van der Waals surface area contributed by atoms with Crippen LogP contribution in [0, 0.1) is 0 Å². The molecular weight excluding hydrogens is 990 g/mol. The Labute approximate surface area is 476 Å². The quantitative estimate of drug-likeness (QED) is 0.0211. The third-order valence-corrected chi connectivity index (χ3v) is 12.4. The molecule has 9 nitrogen and oxygen atoms in total. The Balaban J connectivity index is 4.27. The Kier molecular flexibility index (Phi) is 53.3. The Morgan fingerprint density at radius 3 is 1.05 bits per heavy atom. The van der Waals surface area contributed by atoms with E-state index in [9.17, 15) is 19.0 Å². The molecule has 0 fully saturated rings. The first kappa shape index (κ1) is 73.1. The molecular formula is C68H107NO8P+. The van der Waals surface area contributed by atoms with Gasteiger partial charge in [-0.05, 0) is 135 Å². The summed E-state index contributed by atoms with van der Waals surface area (Å²) in [5.41, 5.74) is 0. The van der Waals surface area contributed by atoms with Gasteiger partial charge >= 0.3 is 19.8 Å². The van der Waals surface area contributed by atoms with Crippen LogP contribution in [0.4, 0.5) is 0 Å². The number of ether oxygens (including phenoxy) is 2. The fourth-order valence-corrected chi connectivity index (χ4v) is 7.69. The van der Waals surface area contributed by atoms with E-state index in [2.05, 4.69) is 196 Å². The van der Waals surface area contributed by atoms with Gasteiger partial charge in [0.25, 0.3) is 0 Å². The molecule has 0 aromatic rings. The first-order valence-electron chi connectivity index (χ1n) is 29.5. The van der Waals surface area contributed by atoms with Gasteiger partial charge in [0.2, 0.25) is 0 Å². The second-order valence-electron chi connectivity index (χ2n) is 19.9. The summed E-state index contributed by atoms with van der Waals surface area (Å²) >= 11 is 0. The van der Waals surface area contributed by atoms with Crippen molar-refractivity contribution in [1.29, 1.82) is 0 Å². The van der Waals surface area contributed by atoms with Crippen molar-refractivity contribution in [2.45, 2.75) is 187 Å². The van der Waals surface area contributed by atoms with Crippen molar-refractivity contribution in [2.75, 3.05) is 47.5 Å². The zero-order valence-corrected chi connectivity index (χ0v) is 50.2. The molecule has 78 heavy (non-hydrogen) atoms. The van der Waals surface area contributed by atoms with Crippen LogP contribution in [0.2, 0.25) is 0 Å². The fraction of sp³-hybridized carbons (Fsp3) is 0.529. The van der Waals surface area contributed by atoms with Gasteiger partial charge in [0.05, 0.1) is 27.7 Å². The lowest BCUT2D eigenvalue weighted by Crippen LogP contribution is -2.37. The average molecular weight is 1100 g/mol. The number of rotatable bonds is 51. The van der Waals surface area contributed by atoms with Crippen LogP contribution in [0.1, 0.15) is 181 Å². The molecule has 0 radical (unpaired) electrons. The van der Waals surface area contributed by atoms with Crippen molar-refractivity contribution in [3.05, 3.63) is 182 Å². The van der Waals surface area contributed by atoms with Gasteiger partial charge < -0.3 is 18.9 Å². The van der Waals surface area contributed by atoms with Gasteiger partial charge in [-0.15, -0.1) is 0 Å². The third kappa shape index (κ3) is 60.3. The standard InChI is InChI=1S/C68H106NO8P/c1-6-8-10-12-14-16-18-20-22-23-24-25-26-27-28-29-30-31-32-33-34-35-36-37-38-39-40-41-42-43-44-45-47-49-51-53-55-57-59-61-68(71)77-66(65-76-78(72,73)75-63-62-69(3,4)5)64-74-67(70)60-58-56-54-52-50-48-46-21-19-17-15-13-11-9-7-2/h8-11,14-17,20-22,24-25,27-28,30-31,33-34,36-37,39-40,42-43,45-47,51,53,66H,6-7,12-13,18-19,23,26,29,32,35,38,41,44,48-50,52,54-65H2,1-5H3/p+1/b10-8-,11-9-,16-14-,17-15-,22-20-,25-24-,28-27-,31-30-,34-33-,37-36-,40-39-,43-42-,46-21-,47-45-,53-51-.